The zero-order valence-electron chi connectivity index (χ0n) is 14.5. The number of methoxy groups -OCH3 is 1. The van der Waals surface area contributed by atoms with Crippen LogP contribution >= 0.6 is 11.6 Å². The molecule has 25 heavy (non-hydrogen) atoms. The second-order valence-electron chi connectivity index (χ2n) is 6.11. The van der Waals surface area contributed by atoms with Crippen molar-refractivity contribution < 1.29 is 18.7 Å². The number of aryl methyl sites for hydroxylation is 1. The Labute approximate surface area is 150 Å². The maximum atomic E-state index is 12.4. The first-order chi connectivity index (χ1) is 12.0. The molecule has 1 aliphatic heterocycles. The summed E-state index contributed by atoms with van der Waals surface area (Å²) in [4.78, 5) is 26.1. The molecule has 0 amide bonds. The van der Waals surface area contributed by atoms with Crippen LogP contribution in [0.3, 0.4) is 0 Å². The number of nitrogens with zero attached hydrogens (tertiary/aromatic N) is 1. The molecule has 1 aromatic carbocycles. The number of benzene rings is 1. The molecule has 0 aliphatic carbocycles. The molecule has 0 saturated carbocycles. The average Bonchev–Trinajstić information content (AvgIpc) is 2.60. The molecule has 1 aliphatic rings. The maximum Gasteiger partial charge on any atom is 0.340 e. The van der Waals surface area contributed by atoms with Crippen LogP contribution in [0.2, 0.25) is 5.02 Å². The summed E-state index contributed by atoms with van der Waals surface area (Å²) in [6.07, 6.45) is 0.858. The molecule has 0 radical (unpaired) electrons. The Morgan fingerprint density at radius 2 is 2.20 bits per heavy atom. The van der Waals surface area contributed by atoms with Gasteiger partial charge in [-0.05, 0) is 25.0 Å². The number of halogens is 1. The number of hydrogen-bond acceptors (Lipinski definition) is 6. The van der Waals surface area contributed by atoms with Crippen molar-refractivity contribution in [3.05, 3.63) is 38.2 Å². The van der Waals surface area contributed by atoms with Gasteiger partial charge < -0.3 is 13.9 Å². The summed E-state index contributed by atoms with van der Waals surface area (Å²) in [7, 11) is 1.28. The lowest BCUT2D eigenvalue weighted by Gasteiger charge is -2.29. The van der Waals surface area contributed by atoms with Crippen molar-refractivity contribution in [1.82, 2.24) is 4.90 Å². The lowest BCUT2D eigenvalue weighted by atomic mass is 10.00. The Balaban J connectivity index is 2.18. The van der Waals surface area contributed by atoms with Gasteiger partial charge in [-0.1, -0.05) is 18.5 Å². The van der Waals surface area contributed by atoms with E-state index in [-0.39, 0.29) is 12.0 Å². The number of ether oxygens (including phenoxy) is 2. The fraction of sp³-hybridized carbons (Fsp3) is 0.444. The second-order valence-corrected chi connectivity index (χ2v) is 6.52. The molecule has 0 fully saturated rings. The molecule has 6 nitrogen and oxygen atoms in total. The van der Waals surface area contributed by atoms with Gasteiger partial charge in [0.15, 0.2) is 0 Å². The van der Waals surface area contributed by atoms with E-state index in [1.165, 1.54) is 7.11 Å². The Kier molecular flexibility index (Phi) is 5.01. The van der Waals surface area contributed by atoms with Gasteiger partial charge in [0.05, 0.1) is 29.7 Å². The van der Waals surface area contributed by atoms with E-state index < -0.39 is 11.6 Å². The fourth-order valence-corrected chi connectivity index (χ4v) is 3.42. The number of hydrogen-bond donors (Lipinski definition) is 0. The normalized spacial score (nSPS) is 14.2. The predicted molar refractivity (Wildman–Crippen MR) is 94.1 cm³/mol. The number of rotatable bonds is 4. The van der Waals surface area contributed by atoms with Crippen molar-refractivity contribution in [2.75, 3.05) is 20.4 Å². The van der Waals surface area contributed by atoms with E-state index in [9.17, 15) is 9.59 Å². The van der Waals surface area contributed by atoms with Crippen LogP contribution < -0.4 is 10.4 Å². The third kappa shape index (κ3) is 3.24. The van der Waals surface area contributed by atoms with Crippen LogP contribution in [-0.4, -0.2) is 31.3 Å². The van der Waals surface area contributed by atoms with Crippen LogP contribution in [-0.2, 0) is 22.5 Å². The van der Waals surface area contributed by atoms with Crippen LogP contribution in [0, 0.1) is 6.92 Å². The predicted octanol–water partition coefficient (Wildman–Crippen LogP) is 3.03. The van der Waals surface area contributed by atoms with Gasteiger partial charge in [0.25, 0.3) is 0 Å². The molecule has 1 aromatic heterocycles. The number of fused-ring (bicyclic) bond motifs is 3. The summed E-state index contributed by atoms with van der Waals surface area (Å²) < 4.78 is 16.0. The van der Waals surface area contributed by atoms with E-state index in [1.54, 1.807) is 13.0 Å². The van der Waals surface area contributed by atoms with Crippen molar-refractivity contribution >= 4 is 28.5 Å². The topological polar surface area (TPSA) is 69.0 Å². The van der Waals surface area contributed by atoms with Gasteiger partial charge >= 0.3 is 11.6 Å². The summed E-state index contributed by atoms with van der Waals surface area (Å²) in [5.74, 6) is 0.0704. The number of esters is 1. The van der Waals surface area contributed by atoms with E-state index >= 15 is 0 Å². The van der Waals surface area contributed by atoms with Gasteiger partial charge in [-0.3, -0.25) is 9.69 Å². The van der Waals surface area contributed by atoms with Gasteiger partial charge in [0, 0.05) is 18.5 Å². The molecule has 2 heterocycles. The van der Waals surface area contributed by atoms with E-state index in [1.807, 2.05) is 0 Å². The van der Waals surface area contributed by atoms with Crippen LogP contribution in [0.5, 0.6) is 5.75 Å². The lowest BCUT2D eigenvalue weighted by molar-refractivity contribution is -0.139. The summed E-state index contributed by atoms with van der Waals surface area (Å²) >= 11 is 6.39. The van der Waals surface area contributed by atoms with E-state index in [0.717, 1.165) is 18.5 Å². The highest BCUT2D eigenvalue weighted by atomic mass is 35.5. The Bertz CT molecular complexity index is 889. The van der Waals surface area contributed by atoms with Crippen molar-refractivity contribution in [1.29, 1.82) is 0 Å². The van der Waals surface area contributed by atoms with Gasteiger partial charge in [0.1, 0.15) is 18.1 Å². The van der Waals surface area contributed by atoms with Crippen molar-refractivity contribution in [3.63, 3.8) is 0 Å². The monoisotopic (exact) mass is 365 g/mol. The molecular weight excluding hydrogens is 346 g/mol. The lowest BCUT2D eigenvalue weighted by Crippen LogP contribution is -2.33. The summed E-state index contributed by atoms with van der Waals surface area (Å²) in [6.45, 7) is 5.80. The zero-order chi connectivity index (χ0) is 18.1. The molecule has 0 atom stereocenters. The van der Waals surface area contributed by atoms with Crippen LogP contribution in [0.1, 0.15) is 30.0 Å². The number of carbonyl (C=O) groups is 1. The smallest absolute Gasteiger partial charge is 0.340 e. The van der Waals surface area contributed by atoms with Gasteiger partial charge in [-0.15, -0.1) is 0 Å². The Hall–Kier alpha value is -2.05. The molecule has 3 rings (SSSR count). The Morgan fingerprint density at radius 3 is 2.88 bits per heavy atom. The van der Waals surface area contributed by atoms with Crippen LogP contribution in [0.15, 0.2) is 15.3 Å². The highest BCUT2D eigenvalue weighted by Gasteiger charge is 2.26. The van der Waals surface area contributed by atoms with Crippen molar-refractivity contribution in [2.45, 2.75) is 33.2 Å². The molecule has 0 N–H and O–H groups in total. The minimum Gasteiger partial charge on any atom is -0.476 e. The zero-order valence-corrected chi connectivity index (χ0v) is 15.2. The number of carbonyl (C=O) groups excluding carboxylic acids is 1. The van der Waals surface area contributed by atoms with Gasteiger partial charge in [-0.2, -0.15) is 0 Å². The molecule has 0 saturated heterocycles. The Morgan fingerprint density at radius 1 is 1.44 bits per heavy atom. The highest BCUT2D eigenvalue weighted by molar-refractivity contribution is 6.33. The van der Waals surface area contributed by atoms with Crippen LogP contribution in [0.4, 0.5) is 0 Å². The van der Waals surface area contributed by atoms with E-state index in [0.29, 0.717) is 40.6 Å². The summed E-state index contributed by atoms with van der Waals surface area (Å²) in [5, 5.41) is 1.18. The molecule has 134 valence electrons. The van der Waals surface area contributed by atoms with Gasteiger partial charge in [-0.25, -0.2) is 4.79 Å². The minimum atomic E-state index is -0.535. The highest BCUT2D eigenvalue weighted by Crippen LogP contribution is 2.39. The largest absolute Gasteiger partial charge is 0.476 e. The fourth-order valence-electron chi connectivity index (χ4n) is 3.14. The standard InChI is InChI=1S/C18H20ClNO5/c1-4-5-20-8-13-16-11(6-14(19)17(13)24-9-20)10(2)12(18(22)25-16)7-15(21)23-3/h6H,4-5,7-9H2,1-3H3. The van der Waals surface area contributed by atoms with Crippen molar-refractivity contribution in [2.24, 2.45) is 0 Å². The van der Waals surface area contributed by atoms with Crippen molar-refractivity contribution in [3.8, 4) is 5.75 Å². The molecule has 0 bridgehead atoms. The molecular formula is C18H20ClNO5. The first-order valence-electron chi connectivity index (χ1n) is 8.15. The third-order valence-corrected chi connectivity index (χ3v) is 4.72. The van der Waals surface area contributed by atoms with Crippen LogP contribution in [0.25, 0.3) is 11.0 Å². The quantitative estimate of drug-likeness (QED) is 0.612. The summed E-state index contributed by atoms with van der Waals surface area (Å²) in [5.41, 5.74) is 1.67. The van der Waals surface area contributed by atoms with E-state index in [2.05, 4.69) is 16.6 Å². The van der Waals surface area contributed by atoms with E-state index in [4.69, 9.17) is 20.8 Å². The molecule has 2 aromatic rings. The summed E-state index contributed by atoms with van der Waals surface area (Å²) in [6, 6.07) is 1.73. The molecule has 0 spiro atoms. The SMILES string of the molecule is CCCN1COc2c(Cl)cc3c(C)c(CC(=O)OC)c(=O)oc3c2C1. The average molecular weight is 366 g/mol. The molecule has 7 heteroatoms. The second kappa shape index (κ2) is 7.06. The third-order valence-electron chi connectivity index (χ3n) is 4.44. The molecule has 0 unspecified atom stereocenters. The minimum absolute atomic E-state index is 0.131. The maximum absolute atomic E-state index is 12.4. The first kappa shape index (κ1) is 17.8. The van der Waals surface area contributed by atoms with Gasteiger partial charge in [0.2, 0.25) is 0 Å². The first-order valence-corrected chi connectivity index (χ1v) is 8.53.